The van der Waals surface area contributed by atoms with Gasteiger partial charge in [0.1, 0.15) is 0 Å². The van der Waals surface area contributed by atoms with E-state index in [9.17, 15) is 50.6 Å². The molecule has 35 heavy (non-hydrogen) atoms. The van der Waals surface area contributed by atoms with Crippen LogP contribution in [0.25, 0.3) is 0 Å². The standard InChI is InChI=1S/C21H14F6O8/c1-34-17(32)12-6-4-10(8-14(12)18(33)35-2)19(20(22,23)24,21(25,26)27)9-3-5-11(15(28)29)13(7-9)16(30)31/h3-8H,1-2H3,(H,28,29)(H,30,31). The minimum absolute atomic E-state index is 0.0567. The van der Waals surface area contributed by atoms with E-state index in [0.717, 1.165) is 14.2 Å². The number of hydrogen-bond acceptors (Lipinski definition) is 6. The van der Waals surface area contributed by atoms with Crippen molar-refractivity contribution in [3.63, 3.8) is 0 Å². The Labute approximate surface area is 191 Å². The zero-order chi connectivity index (χ0) is 26.9. The van der Waals surface area contributed by atoms with Crippen LogP contribution >= 0.6 is 0 Å². The van der Waals surface area contributed by atoms with Crippen molar-refractivity contribution in [3.05, 3.63) is 69.8 Å². The summed E-state index contributed by atoms with van der Waals surface area (Å²) in [7, 11) is 1.62. The van der Waals surface area contributed by atoms with Crippen LogP contribution < -0.4 is 0 Å². The van der Waals surface area contributed by atoms with E-state index in [0.29, 0.717) is 6.07 Å². The van der Waals surface area contributed by atoms with E-state index in [1.54, 1.807) is 0 Å². The van der Waals surface area contributed by atoms with Gasteiger partial charge in [0.05, 0.1) is 36.5 Å². The Bertz CT molecular complexity index is 1190. The van der Waals surface area contributed by atoms with Gasteiger partial charge in [-0.3, -0.25) is 0 Å². The molecular weight excluding hydrogens is 494 g/mol. The first-order valence-electron chi connectivity index (χ1n) is 9.10. The van der Waals surface area contributed by atoms with E-state index >= 15 is 0 Å². The number of alkyl halides is 6. The van der Waals surface area contributed by atoms with Gasteiger partial charge in [0, 0.05) is 0 Å². The Morgan fingerprint density at radius 2 is 1.00 bits per heavy atom. The van der Waals surface area contributed by atoms with Crippen LogP contribution in [0.1, 0.15) is 52.6 Å². The van der Waals surface area contributed by atoms with Gasteiger partial charge in [0.15, 0.2) is 0 Å². The molecule has 0 bridgehead atoms. The predicted molar refractivity (Wildman–Crippen MR) is 102 cm³/mol. The predicted octanol–water partition coefficient (Wildman–Crippen LogP) is 4.07. The van der Waals surface area contributed by atoms with Crippen LogP contribution in [0.2, 0.25) is 0 Å². The van der Waals surface area contributed by atoms with E-state index in [4.69, 9.17) is 5.11 Å². The molecule has 0 aromatic heterocycles. The summed E-state index contributed by atoms with van der Waals surface area (Å²) < 4.78 is 95.0. The molecule has 0 aliphatic rings. The molecule has 2 aromatic rings. The van der Waals surface area contributed by atoms with Crippen molar-refractivity contribution in [2.45, 2.75) is 17.8 Å². The molecule has 0 radical (unpaired) electrons. The molecule has 0 heterocycles. The lowest BCUT2D eigenvalue weighted by Gasteiger charge is -2.38. The lowest BCUT2D eigenvalue weighted by atomic mass is 9.71. The van der Waals surface area contributed by atoms with Crippen LogP contribution in [0.4, 0.5) is 26.3 Å². The van der Waals surface area contributed by atoms with Gasteiger partial charge in [0.25, 0.3) is 0 Å². The molecule has 0 aliphatic carbocycles. The maximum atomic E-state index is 14.4. The molecule has 2 N–H and O–H groups in total. The molecule has 14 heteroatoms. The van der Waals surface area contributed by atoms with E-state index in [2.05, 4.69) is 9.47 Å². The number of halogens is 6. The molecule has 2 rings (SSSR count). The number of carbonyl (C=O) groups is 4. The smallest absolute Gasteiger partial charge is 0.411 e. The van der Waals surface area contributed by atoms with Crippen molar-refractivity contribution >= 4 is 23.9 Å². The van der Waals surface area contributed by atoms with E-state index in [1.165, 1.54) is 0 Å². The highest BCUT2D eigenvalue weighted by Crippen LogP contribution is 2.56. The lowest BCUT2D eigenvalue weighted by molar-refractivity contribution is -0.288. The van der Waals surface area contributed by atoms with Gasteiger partial charge in [0.2, 0.25) is 5.41 Å². The Kier molecular flexibility index (Phi) is 7.19. The number of carbonyl (C=O) groups excluding carboxylic acids is 2. The van der Waals surface area contributed by atoms with Crippen molar-refractivity contribution in [2.75, 3.05) is 14.2 Å². The van der Waals surface area contributed by atoms with Gasteiger partial charge in [-0.2, -0.15) is 26.3 Å². The number of esters is 2. The molecular formula is C21H14F6O8. The van der Waals surface area contributed by atoms with Gasteiger partial charge in [-0.15, -0.1) is 0 Å². The molecule has 0 spiro atoms. The summed E-state index contributed by atoms with van der Waals surface area (Å²) in [5.41, 5.74) is -12.3. The Balaban J connectivity index is 3.10. The normalized spacial score (nSPS) is 12.1. The summed E-state index contributed by atoms with van der Waals surface area (Å²) in [6.07, 6.45) is -12.4. The number of ether oxygens (including phenoxy) is 2. The maximum absolute atomic E-state index is 14.4. The molecule has 0 atom stereocenters. The van der Waals surface area contributed by atoms with Crippen molar-refractivity contribution < 1.29 is 65.2 Å². The number of aromatic carboxylic acids is 2. The van der Waals surface area contributed by atoms with Gasteiger partial charge in [-0.05, 0) is 35.4 Å². The Morgan fingerprint density at radius 1 is 0.629 bits per heavy atom. The highest BCUT2D eigenvalue weighted by Gasteiger charge is 2.72. The minimum Gasteiger partial charge on any atom is -0.478 e. The zero-order valence-corrected chi connectivity index (χ0v) is 17.6. The molecule has 0 unspecified atom stereocenters. The van der Waals surface area contributed by atoms with Gasteiger partial charge < -0.3 is 19.7 Å². The summed E-state index contributed by atoms with van der Waals surface area (Å²) in [6.45, 7) is 0. The van der Waals surface area contributed by atoms with Gasteiger partial charge >= 0.3 is 36.2 Å². The maximum Gasteiger partial charge on any atom is 0.411 e. The Morgan fingerprint density at radius 3 is 1.37 bits per heavy atom. The monoisotopic (exact) mass is 508 g/mol. The largest absolute Gasteiger partial charge is 0.478 e. The third-order valence-corrected chi connectivity index (χ3v) is 5.03. The number of carboxylic acid groups (broad SMARTS) is 2. The summed E-state index contributed by atoms with van der Waals surface area (Å²) >= 11 is 0. The topological polar surface area (TPSA) is 127 Å². The Hall–Kier alpha value is -4.10. The summed E-state index contributed by atoms with van der Waals surface area (Å²) in [5, 5.41) is 18.3. The number of hydrogen-bond donors (Lipinski definition) is 2. The van der Waals surface area contributed by atoms with Crippen LogP contribution in [0.5, 0.6) is 0 Å². The molecule has 0 saturated carbocycles. The number of carboxylic acids is 2. The van der Waals surface area contributed by atoms with Crippen molar-refractivity contribution in [1.29, 1.82) is 0 Å². The van der Waals surface area contributed by atoms with Crippen LogP contribution in [0, 0.1) is 0 Å². The van der Waals surface area contributed by atoms with E-state index < -0.39 is 75.0 Å². The second-order valence-electron chi connectivity index (χ2n) is 6.86. The first-order valence-corrected chi connectivity index (χ1v) is 9.10. The molecule has 2 aromatic carbocycles. The van der Waals surface area contributed by atoms with Crippen molar-refractivity contribution in [1.82, 2.24) is 0 Å². The fourth-order valence-electron chi connectivity index (χ4n) is 3.47. The molecule has 8 nitrogen and oxygen atoms in total. The minimum atomic E-state index is -6.20. The molecule has 188 valence electrons. The molecule has 0 amide bonds. The van der Waals surface area contributed by atoms with Crippen LogP contribution in [0.3, 0.4) is 0 Å². The molecule has 0 saturated heterocycles. The van der Waals surface area contributed by atoms with Gasteiger partial charge in [-0.25, -0.2) is 19.2 Å². The summed E-state index contributed by atoms with van der Waals surface area (Å²) in [4.78, 5) is 46.7. The first kappa shape index (κ1) is 27.1. The second kappa shape index (κ2) is 9.27. The quantitative estimate of drug-likeness (QED) is 0.442. The number of benzene rings is 2. The second-order valence-corrected chi connectivity index (χ2v) is 6.86. The lowest BCUT2D eigenvalue weighted by Crippen LogP contribution is -2.55. The number of methoxy groups -OCH3 is 2. The fraction of sp³-hybridized carbons (Fsp3) is 0.238. The average molecular weight is 508 g/mol. The SMILES string of the molecule is COC(=O)c1ccc(C(c2ccc(C(=O)O)c(C(=O)O)c2)(C(F)(F)F)C(F)(F)F)cc1C(=O)OC. The third-order valence-electron chi connectivity index (χ3n) is 5.03. The van der Waals surface area contributed by atoms with E-state index in [1.807, 2.05) is 0 Å². The summed E-state index contributed by atoms with van der Waals surface area (Å²) in [5.74, 6) is -6.73. The van der Waals surface area contributed by atoms with Crippen molar-refractivity contribution in [2.24, 2.45) is 0 Å². The van der Waals surface area contributed by atoms with E-state index in [-0.39, 0.29) is 30.3 Å². The zero-order valence-electron chi connectivity index (χ0n) is 17.6. The fourth-order valence-corrected chi connectivity index (χ4v) is 3.47. The highest BCUT2D eigenvalue weighted by atomic mass is 19.4. The van der Waals surface area contributed by atoms with Crippen molar-refractivity contribution in [3.8, 4) is 0 Å². The highest BCUT2D eigenvalue weighted by molar-refractivity contribution is 6.03. The van der Waals surface area contributed by atoms with Crippen LogP contribution in [0.15, 0.2) is 36.4 Å². The third kappa shape index (κ3) is 4.50. The molecule has 0 aliphatic heterocycles. The van der Waals surface area contributed by atoms with Crippen LogP contribution in [-0.4, -0.2) is 60.7 Å². The van der Waals surface area contributed by atoms with Gasteiger partial charge in [-0.1, -0.05) is 12.1 Å². The van der Waals surface area contributed by atoms with Crippen LogP contribution in [-0.2, 0) is 14.9 Å². The molecule has 0 fully saturated rings. The summed E-state index contributed by atoms with van der Waals surface area (Å²) in [6, 6.07) is 1.29. The average Bonchev–Trinajstić information content (AvgIpc) is 2.76. The first-order chi connectivity index (χ1) is 16.0. The number of rotatable bonds is 6.